The van der Waals surface area contributed by atoms with Crippen molar-refractivity contribution < 1.29 is 15.0 Å². The highest BCUT2D eigenvalue weighted by Crippen LogP contribution is 2.77. The maximum atomic E-state index is 11.6. The Labute approximate surface area is 298 Å². The van der Waals surface area contributed by atoms with E-state index in [0.717, 1.165) is 51.5 Å². The van der Waals surface area contributed by atoms with Crippen LogP contribution < -0.4 is 5.32 Å². The zero-order valence-corrected chi connectivity index (χ0v) is 32.0. The molecule has 0 amide bonds. The Morgan fingerprint density at radius 3 is 2.31 bits per heavy atom. The van der Waals surface area contributed by atoms with E-state index < -0.39 is 5.97 Å². The van der Waals surface area contributed by atoms with Crippen LogP contribution in [0.15, 0.2) is 42.5 Å². The number of benzene rings is 1. The van der Waals surface area contributed by atoms with Gasteiger partial charge in [0.05, 0.1) is 12.2 Å². The number of aliphatic hydroxyl groups excluding tert-OH is 1. The second-order valence-corrected chi connectivity index (χ2v) is 18.7. The van der Waals surface area contributed by atoms with Gasteiger partial charge >= 0.3 is 5.97 Å². The predicted octanol–water partition coefficient (Wildman–Crippen LogP) is 9.33. The molecule has 5 aliphatic rings. The van der Waals surface area contributed by atoms with E-state index in [1.807, 2.05) is 12.1 Å². The van der Waals surface area contributed by atoms with E-state index in [1.165, 1.54) is 68.1 Å². The number of allylic oxidation sites excluding steroid dienone is 3. The Hall–Kier alpha value is -1.95. The van der Waals surface area contributed by atoms with Gasteiger partial charge in [-0.1, -0.05) is 71.9 Å². The fraction of sp³-hybridized carbons (Fsp3) is 0.750. The number of aliphatic hydroxyl groups is 1. The summed E-state index contributed by atoms with van der Waals surface area (Å²) in [6.07, 6.45) is 15.4. The van der Waals surface area contributed by atoms with E-state index in [1.54, 1.807) is 12.1 Å². The maximum absolute atomic E-state index is 11.6. The molecule has 0 radical (unpaired) electrons. The molecule has 9 atom stereocenters. The highest BCUT2D eigenvalue weighted by molar-refractivity contribution is 5.88. The minimum atomic E-state index is -0.858. The van der Waals surface area contributed by atoms with Crippen LogP contribution in [0.4, 0.5) is 0 Å². The Kier molecular flexibility index (Phi) is 10.2. The molecule has 49 heavy (non-hydrogen) atoms. The Morgan fingerprint density at radius 1 is 0.918 bits per heavy atom. The van der Waals surface area contributed by atoms with Gasteiger partial charge in [0.25, 0.3) is 0 Å². The van der Waals surface area contributed by atoms with Crippen molar-refractivity contribution in [2.24, 2.45) is 56.7 Å². The summed E-state index contributed by atoms with van der Waals surface area (Å²) in [5.41, 5.74) is 5.69. The summed E-state index contributed by atoms with van der Waals surface area (Å²) in [6, 6.07) is 7.64. The minimum absolute atomic E-state index is 0.0323. The van der Waals surface area contributed by atoms with Crippen LogP contribution in [0.3, 0.4) is 0 Å². The van der Waals surface area contributed by atoms with E-state index in [4.69, 9.17) is 0 Å². The summed E-state index contributed by atoms with van der Waals surface area (Å²) in [4.78, 5) is 14.0. The summed E-state index contributed by atoms with van der Waals surface area (Å²) < 4.78 is 0. The van der Waals surface area contributed by atoms with Crippen LogP contribution in [0, 0.1) is 56.7 Å². The molecule has 0 saturated heterocycles. The summed E-state index contributed by atoms with van der Waals surface area (Å²) in [5.74, 6) is 2.55. The average Bonchev–Trinajstić information content (AvgIpc) is 3.43. The van der Waals surface area contributed by atoms with Crippen molar-refractivity contribution in [3.63, 3.8) is 0 Å². The van der Waals surface area contributed by atoms with Gasteiger partial charge in [-0.05, 0) is 158 Å². The van der Waals surface area contributed by atoms with Crippen LogP contribution in [0.1, 0.15) is 129 Å². The van der Waals surface area contributed by atoms with E-state index in [0.29, 0.717) is 45.5 Å². The van der Waals surface area contributed by atoms with Gasteiger partial charge in [-0.3, -0.25) is 4.90 Å². The molecule has 1 aromatic carbocycles. The molecular formula is C44H68N2O3. The number of nitrogens with one attached hydrogen (secondary N) is 1. The molecule has 0 aromatic heterocycles. The Morgan fingerprint density at radius 2 is 1.65 bits per heavy atom. The molecule has 1 aromatic rings. The van der Waals surface area contributed by atoms with Crippen molar-refractivity contribution >= 4 is 11.5 Å². The van der Waals surface area contributed by atoms with Gasteiger partial charge in [-0.2, -0.15) is 0 Å². The number of hydrogen-bond acceptors (Lipinski definition) is 4. The average molecular weight is 673 g/mol. The Balaban J connectivity index is 1.26. The molecule has 0 aliphatic heterocycles. The van der Waals surface area contributed by atoms with Crippen molar-refractivity contribution in [2.75, 3.05) is 39.3 Å². The first kappa shape index (κ1) is 36.8. The highest BCUT2D eigenvalue weighted by atomic mass is 16.4. The lowest BCUT2D eigenvalue weighted by Crippen LogP contribution is -2.65. The van der Waals surface area contributed by atoms with Gasteiger partial charge in [0.15, 0.2) is 0 Å². The predicted molar refractivity (Wildman–Crippen MR) is 202 cm³/mol. The van der Waals surface area contributed by atoms with E-state index in [9.17, 15) is 15.0 Å². The number of carboxylic acids is 1. The molecule has 272 valence electrons. The second kappa shape index (κ2) is 13.6. The zero-order valence-electron chi connectivity index (χ0n) is 32.0. The van der Waals surface area contributed by atoms with Gasteiger partial charge in [0.1, 0.15) is 0 Å². The molecule has 5 aliphatic carbocycles. The van der Waals surface area contributed by atoms with Crippen LogP contribution in [0.5, 0.6) is 0 Å². The first-order valence-corrected chi connectivity index (χ1v) is 19.9. The zero-order chi connectivity index (χ0) is 35.4. The normalized spacial score (nSPS) is 39.4. The molecule has 0 heterocycles. The van der Waals surface area contributed by atoms with Gasteiger partial charge in [-0.15, -0.1) is 0 Å². The number of fused-ring (bicyclic) bond motifs is 7. The highest BCUT2D eigenvalue weighted by Gasteiger charge is 2.70. The lowest BCUT2D eigenvalue weighted by atomic mass is 9.32. The lowest BCUT2D eigenvalue weighted by Gasteiger charge is -2.72. The van der Waals surface area contributed by atoms with Crippen LogP contribution in [0.25, 0.3) is 5.57 Å². The fourth-order valence-corrected chi connectivity index (χ4v) is 13.8. The van der Waals surface area contributed by atoms with Crippen molar-refractivity contribution in [1.29, 1.82) is 0 Å². The maximum Gasteiger partial charge on any atom is 0.335 e. The van der Waals surface area contributed by atoms with Gasteiger partial charge in [0.2, 0.25) is 0 Å². The first-order chi connectivity index (χ1) is 23.2. The van der Waals surface area contributed by atoms with Gasteiger partial charge in [0, 0.05) is 26.2 Å². The second-order valence-electron chi connectivity index (χ2n) is 18.7. The number of carbonyl (C=O) groups is 1. The molecule has 3 N–H and O–H groups in total. The number of rotatable bonds is 12. The van der Waals surface area contributed by atoms with Crippen LogP contribution in [0.2, 0.25) is 0 Å². The van der Waals surface area contributed by atoms with Crippen LogP contribution >= 0.6 is 0 Å². The number of aromatic carboxylic acids is 1. The first-order valence-electron chi connectivity index (χ1n) is 19.9. The molecular weight excluding hydrogens is 604 g/mol. The molecule has 6 rings (SSSR count). The Bertz CT molecular complexity index is 1410. The third kappa shape index (κ3) is 5.90. The van der Waals surface area contributed by atoms with Gasteiger partial charge in [-0.25, -0.2) is 4.79 Å². The largest absolute Gasteiger partial charge is 0.478 e. The monoisotopic (exact) mass is 673 g/mol. The van der Waals surface area contributed by atoms with Crippen molar-refractivity contribution in [2.45, 2.75) is 113 Å². The molecule has 4 saturated carbocycles. The van der Waals surface area contributed by atoms with Gasteiger partial charge < -0.3 is 15.5 Å². The summed E-state index contributed by atoms with van der Waals surface area (Å²) in [5, 5.41) is 23.0. The quantitative estimate of drug-likeness (QED) is 0.153. The topological polar surface area (TPSA) is 72.8 Å². The third-order valence-corrected chi connectivity index (χ3v) is 16.3. The van der Waals surface area contributed by atoms with Crippen LogP contribution in [-0.2, 0) is 0 Å². The van der Waals surface area contributed by atoms with E-state index in [-0.39, 0.29) is 17.4 Å². The summed E-state index contributed by atoms with van der Waals surface area (Å²) in [6.45, 7) is 27.5. The van der Waals surface area contributed by atoms with Crippen molar-refractivity contribution in [1.82, 2.24) is 10.2 Å². The number of carboxylic acid groups (broad SMARTS) is 1. The molecule has 0 bridgehead atoms. The molecule has 0 unspecified atom stereocenters. The summed E-state index contributed by atoms with van der Waals surface area (Å²) in [7, 11) is 0. The van der Waals surface area contributed by atoms with E-state index in [2.05, 4.69) is 71.3 Å². The molecule has 5 nitrogen and oxygen atoms in total. The van der Waals surface area contributed by atoms with Crippen molar-refractivity contribution in [3.05, 3.63) is 53.6 Å². The number of nitrogens with zero attached hydrogens (tertiary/aromatic N) is 1. The molecule has 5 heteroatoms. The fourth-order valence-electron chi connectivity index (χ4n) is 13.8. The van der Waals surface area contributed by atoms with E-state index >= 15 is 0 Å². The summed E-state index contributed by atoms with van der Waals surface area (Å²) >= 11 is 0. The smallest absolute Gasteiger partial charge is 0.335 e. The molecule has 0 spiro atoms. The lowest BCUT2D eigenvalue weighted by molar-refractivity contribution is -0.225. The third-order valence-electron chi connectivity index (χ3n) is 16.3. The number of hydrogen-bond donors (Lipinski definition) is 3. The minimum Gasteiger partial charge on any atom is -0.478 e. The molecule has 4 fully saturated rings. The van der Waals surface area contributed by atoms with Crippen molar-refractivity contribution in [3.8, 4) is 0 Å². The van der Waals surface area contributed by atoms with Crippen LogP contribution in [-0.4, -0.2) is 60.4 Å². The standard InChI is InChI=1S/C44H68N2O3/c1-9-25-46(27-28-47)26-24-45-29-44-21-16-33(30(2)3)38(44)35-14-15-37-41(6)19-17-34(31-10-12-32(13-11-31)39(48)49)40(4,5)36(41)18-20-43(37,8)42(35,7)22-23-44/h10-13,17,33,35-38,45,47H,2,9,14-16,18-29H2,1,3-8H3,(H,48,49)/t33-,35+,36-,37+,38+,41-,42+,43+,44+/m0/s1. The SMILES string of the molecule is C=C(C)[C@@H]1CC[C@]2(CNCCN(CCC)CCO)CC[C@]3(C)[C@H](CC[C@@H]4[C@@]5(C)CC=C(c6ccc(C(=O)O)cc6)C(C)(C)[C@@H]5CC[C@]43C)[C@@H]12.